The Morgan fingerprint density at radius 1 is 0.508 bits per heavy atom. The number of nitrogens with two attached hydrogens (primary N) is 5. The fourth-order valence-corrected chi connectivity index (χ4v) is 12.7. The van der Waals surface area contributed by atoms with Crippen molar-refractivity contribution >= 4 is 120 Å². The number of phosphoric acid groups is 1. The molecule has 0 aromatic heterocycles. The van der Waals surface area contributed by atoms with E-state index < -0.39 is 288 Å². The van der Waals surface area contributed by atoms with Crippen LogP contribution >= 0.6 is 7.82 Å². The molecule has 0 radical (unpaired) electrons. The third-order valence-electron chi connectivity index (χ3n) is 18.4. The largest absolute Gasteiger partial charge is 0.524 e. The quantitative estimate of drug-likeness (QED) is 0.0216. The number of esters is 1. The number of carbonyl (C=O) groups is 19. The Bertz CT molecular complexity index is 4000. The van der Waals surface area contributed by atoms with Crippen molar-refractivity contribution in [1.29, 1.82) is 0 Å². The van der Waals surface area contributed by atoms with Gasteiger partial charge in [-0.15, -0.1) is 0 Å². The topological polar surface area (TPSA) is 758 Å². The van der Waals surface area contributed by atoms with E-state index in [0.29, 0.717) is 5.56 Å². The van der Waals surface area contributed by atoms with E-state index in [4.69, 9.17) is 33.4 Å². The Balaban J connectivity index is 1.57. The van der Waals surface area contributed by atoms with Crippen LogP contribution in [0.4, 0.5) is 0 Å². The Morgan fingerprint density at radius 2 is 0.966 bits per heavy atom. The van der Waals surface area contributed by atoms with Crippen molar-refractivity contribution in [2.75, 3.05) is 26.2 Å². The first-order valence-corrected chi connectivity index (χ1v) is 38.8. The number of nitrogens with zero attached hydrogens (tertiary/aromatic N) is 2. The van der Waals surface area contributed by atoms with Crippen LogP contribution in [0.3, 0.4) is 0 Å². The summed E-state index contributed by atoms with van der Waals surface area (Å²) >= 11 is 0. The van der Waals surface area contributed by atoms with Crippen molar-refractivity contribution in [2.45, 2.75) is 221 Å². The zero-order valence-corrected chi connectivity index (χ0v) is 65.8. The van der Waals surface area contributed by atoms with Crippen LogP contribution in [0.1, 0.15) is 129 Å². The number of likely N-dealkylation sites (tertiary alicyclic amines) is 2. The van der Waals surface area contributed by atoms with Gasteiger partial charge >= 0.3 is 31.7 Å². The number of benzene rings is 2. The van der Waals surface area contributed by atoms with E-state index in [1.807, 2.05) is 0 Å². The number of carbonyl (C=O) groups excluding carboxylic acids is 16. The standard InChI is InChI=1S/C71H104N17O29P/c1-34(2)28-47(70(110)111)84-63(103)46(31-53(75)93)83-60(100)41(20-24-55(95)96)78-54(94)32-77-64(104)49-12-8-26-87(49)68(108)43(19-23-52(74)92)80-62(102)45(30-38-14-16-39(17-15-38)117-118(113,114)115)82-61(101)42(18-22-51(73)91)79-65(105)50-13-9-27-88(50)69(109)44(21-25-56(97)98)81-66(106)57(76)36(4)116-71(112)48(33-89)85-67(107)58(35(3)90)86-59(99)40(72)29-37-10-6-5-7-11-37/h5-7,10-11,14-17,34-36,40-50,57-58,89-90H,8-9,12-13,18-33,72,76H2,1-4H3,(H2,73,91)(H2,74,92)(H2,75,93)(H,77,104)(H,78,94)(H,79,105)(H,80,102)(H,81,106)(H,82,101)(H,83,100)(H,84,103)(H,85,107)(H,86,99)(H,95,96)(H,97,98)(H,110,111)(H2,113,114,115)/t35-,36?,40+,41+,42+,43+,44+,45+,46+,47+,48+,49+,50+,57+,58+/m1/s1. The van der Waals surface area contributed by atoms with Gasteiger partial charge in [0.15, 0.2) is 6.04 Å². The van der Waals surface area contributed by atoms with Gasteiger partial charge in [0.2, 0.25) is 88.6 Å². The van der Waals surface area contributed by atoms with E-state index in [-0.39, 0.29) is 68.8 Å². The Hall–Kier alpha value is -11.8. The first kappa shape index (κ1) is 98.5. The number of carboxylic acids is 3. The second kappa shape index (κ2) is 47.4. The van der Waals surface area contributed by atoms with Gasteiger partial charge in [-0.2, -0.15) is 0 Å². The Kier molecular flexibility index (Phi) is 39.6. The van der Waals surface area contributed by atoms with Gasteiger partial charge in [0.1, 0.15) is 78.3 Å². The molecule has 15 atom stereocenters. The summed E-state index contributed by atoms with van der Waals surface area (Å²) in [6, 6.07) is -9.09. The Morgan fingerprint density at radius 3 is 1.47 bits per heavy atom. The van der Waals surface area contributed by atoms with E-state index in [0.717, 1.165) is 35.8 Å². The lowest BCUT2D eigenvalue weighted by atomic mass is 10.0. The van der Waals surface area contributed by atoms with Crippen molar-refractivity contribution < 1.29 is 140 Å². The van der Waals surface area contributed by atoms with Gasteiger partial charge in [-0.25, -0.2) is 14.2 Å². The summed E-state index contributed by atoms with van der Waals surface area (Å²) in [6.07, 6.45) is -10.2. The zero-order chi connectivity index (χ0) is 88.6. The number of amides is 15. The van der Waals surface area contributed by atoms with Crippen LogP contribution in [0, 0.1) is 5.92 Å². The van der Waals surface area contributed by atoms with Crippen LogP contribution in [0.2, 0.25) is 0 Å². The maximum atomic E-state index is 14.8. The highest BCUT2D eigenvalue weighted by atomic mass is 31.2. The molecule has 0 aliphatic carbocycles. The molecule has 0 spiro atoms. The lowest BCUT2D eigenvalue weighted by Crippen LogP contribution is -2.60. The van der Waals surface area contributed by atoms with E-state index in [1.54, 1.807) is 44.2 Å². The fourth-order valence-electron chi connectivity index (χ4n) is 12.3. The third-order valence-corrected chi connectivity index (χ3v) is 18.9. The molecule has 47 heteroatoms. The predicted octanol–water partition coefficient (Wildman–Crippen LogP) is -8.37. The number of aliphatic hydroxyl groups excluding tert-OH is 2. The zero-order valence-electron chi connectivity index (χ0n) is 64.9. The monoisotopic (exact) mass is 1690 g/mol. The summed E-state index contributed by atoms with van der Waals surface area (Å²) in [5.41, 5.74) is 29.3. The van der Waals surface area contributed by atoms with Crippen LogP contribution in [-0.4, -0.2) is 275 Å². The molecule has 2 saturated heterocycles. The molecular formula is C71H104N17O29P. The number of carboxylic acid groups (broad SMARTS) is 3. The maximum Gasteiger partial charge on any atom is 0.524 e. The van der Waals surface area contributed by atoms with Crippen LogP contribution in [0.25, 0.3) is 0 Å². The number of hydrogen-bond donors (Lipinski definition) is 22. The molecule has 4 rings (SSSR count). The Labute approximate surface area is 674 Å². The van der Waals surface area contributed by atoms with Crippen LogP contribution < -0.4 is 86.4 Å². The van der Waals surface area contributed by atoms with Crippen LogP contribution in [-0.2, 0) is 113 Å². The van der Waals surface area contributed by atoms with Crippen molar-refractivity contribution in [3.05, 3.63) is 65.7 Å². The van der Waals surface area contributed by atoms with Gasteiger partial charge in [0.25, 0.3) is 0 Å². The van der Waals surface area contributed by atoms with E-state index in [1.165, 1.54) is 12.1 Å². The third kappa shape index (κ3) is 33.4. The molecule has 2 aliphatic rings. The minimum Gasteiger partial charge on any atom is -0.481 e. The van der Waals surface area contributed by atoms with Gasteiger partial charge in [-0.3, -0.25) is 91.3 Å². The van der Waals surface area contributed by atoms with Crippen LogP contribution in [0.15, 0.2) is 54.6 Å². The molecule has 46 nitrogen and oxygen atoms in total. The lowest BCUT2D eigenvalue weighted by Gasteiger charge is -2.31. The molecule has 2 fully saturated rings. The predicted molar refractivity (Wildman–Crippen MR) is 405 cm³/mol. The molecular weight excluding hydrogens is 1590 g/mol. The molecule has 652 valence electrons. The van der Waals surface area contributed by atoms with Gasteiger partial charge in [0, 0.05) is 45.2 Å². The maximum absolute atomic E-state index is 14.8. The number of phosphoric ester groups is 1. The second-order valence-electron chi connectivity index (χ2n) is 28.5. The first-order valence-electron chi connectivity index (χ1n) is 37.3. The summed E-state index contributed by atoms with van der Waals surface area (Å²) in [7, 11) is -5.14. The van der Waals surface area contributed by atoms with Gasteiger partial charge in [0.05, 0.1) is 31.7 Å². The molecule has 27 N–H and O–H groups in total. The first-order chi connectivity index (χ1) is 55.3. The van der Waals surface area contributed by atoms with E-state index in [2.05, 4.69) is 57.7 Å². The van der Waals surface area contributed by atoms with Gasteiger partial charge in [-0.05, 0) is 107 Å². The highest BCUT2D eigenvalue weighted by molar-refractivity contribution is 7.46. The average Bonchev–Trinajstić information content (AvgIpc) is 1.82. The molecule has 0 bridgehead atoms. The van der Waals surface area contributed by atoms with Gasteiger partial charge < -0.3 is 126 Å². The summed E-state index contributed by atoms with van der Waals surface area (Å²) in [6.45, 7) is 2.99. The number of rotatable bonds is 50. The highest BCUT2D eigenvalue weighted by Crippen LogP contribution is 2.37. The molecule has 1 unspecified atom stereocenters. The number of ether oxygens (including phenoxy) is 1. The molecule has 118 heavy (non-hydrogen) atoms. The number of primary amides is 3. The van der Waals surface area contributed by atoms with Crippen LogP contribution in [0.5, 0.6) is 5.75 Å². The lowest BCUT2D eigenvalue weighted by molar-refractivity contribution is -0.156. The molecule has 2 aliphatic heterocycles. The normalized spacial score (nSPS) is 17.1. The smallest absolute Gasteiger partial charge is 0.481 e. The molecule has 0 saturated carbocycles. The summed E-state index contributed by atoms with van der Waals surface area (Å²) < 4.78 is 21.6. The van der Waals surface area contributed by atoms with E-state index >= 15 is 0 Å². The molecule has 2 aromatic rings. The number of aliphatic carboxylic acids is 3. The number of hydrogen-bond acceptors (Lipinski definition) is 26. The van der Waals surface area contributed by atoms with Crippen molar-refractivity contribution in [1.82, 2.24) is 63.0 Å². The molecule has 2 aromatic carbocycles. The second-order valence-corrected chi connectivity index (χ2v) is 29.6. The highest BCUT2D eigenvalue weighted by Gasteiger charge is 2.44. The number of aliphatic hydroxyl groups is 2. The van der Waals surface area contributed by atoms with Crippen molar-refractivity contribution in [2.24, 2.45) is 34.6 Å². The molecule has 2 heterocycles. The summed E-state index contributed by atoms with van der Waals surface area (Å²) in [4.78, 5) is 274. The van der Waals surface area contributed by atoms with Gasteiger partial charge in [-0.1, -0.05) is 56.3 Å². The average molecular weight is 1690 g/mol. The summed E-state index contributed by atoms with van der Waals surface area (Å²) in [5, 5.41) is 72.3. The SMILES string of the molecule is CC(C)C[C@H](NC(=O)[C@H](CC(N)=O)NC(=O)[C@H](CCC(=O)O)NC(=O)CNC(=O)[C@@H]1CCCN1C(=O)[C@H](CCC(N)=O)NC(=O)[C@H](Cc1ccc(OP(=O)(O)O)cc1)NC(=O)[C@H](CCC(N)=O)NC(=O)[C@@H]1CCCN1C(=O)[C@H](CCC(=O)O)NC(=O)[C@@H](N)C(C)OC(=O)[C@H](CO)NC(=O)[C@@H](NC(=O)[C@@H](N)Cc1ccccc1)[C@@H](C)O)C(=O)O. The minimum absolute atomic E-state index is 0.0354. The fraction of sp³-hybridized carbons (Fsp3) is 0.563. The minimum atomic E-state index is -5.14. The van der Waals surface area contributed by atoms with E-state index in [9.17, 15) is 131 Å². The van der Waals surface area contributed by atoms with Crippen molar-refractivity contribution in [3.8, 4) is 5.75 Å². The summed E-state index contributed by atoms with van der Waals surface area (Å²) in [5.74, 6) is -23.1. The number of nitrogens with one attached hydrogen (secondary N) is 10. The molecule has 15 amide bonds. The van der Waals surface area contributed by atoms with Crippen molar-refractivity contribution in [3.63, 3.8) is 0 Å².